The topological polar surface area (TPSA) is 28.6 Å². The molecule has 4 aromatic rings. The van der Waals surface area contributed by atoms with Crippen molar-refractivity contribution in [1.29, 1.82) is 0 Å². The number of ether oxygens (including phenoxy) is 1. The molecule has 1 aliphatic heterocycles. The first kappa shape index (κ1) is 30.7. The van der Waals surface area contributed by atoms with Gasteiger partial charge >= 0.3 is 12.4 Å². The van der Waals surface area contributed by atoms with E-state index in [0.717, 1.165) is 64.3 Å². The Kier molecular flexibility index (Phi) is 8.11. The minimum atomic E-state index is -4.91. The minimum Gasteiger partial charge on any atom is -0.378 e. The molecule has 0 atom stereocenters. The molecule has 4 nitrogen and oxygen atoms in total. The zero-order valence-corrected chi connectivity index (χ0v) is 24.4. The number of rotatable bonds is 6. The molecule has 1 fully saturated rings. The van der Waals surface area contributed by atoms with Crippen LogP contribution in [0.4, 0.5) is 37.8 Å². The van der Waals surface area contributed by atoms with Gasteiger partial charge in [-0.2, -0.15) is 26.3 Å². The fourth-order valence-electron chi connectivity index (χ4n) is 5.61. The summed E-state index contributed by atoms with van der Waals surface area (Å²) in [6, 6.07) is 17.7. The summed E-state index contributed by atoms with van der Waals surface area (Å²) in [5, 5.41) is 0.895. The van der Waals surface area contributed by atoms with E-state index >= 15 is 0 Å². The van der Waals surface area contributed by atoms with Gasteiger partial charge in [-0.3, -0.25) is 0 Å². The van der Waals surface area contributed by atoms with Crippen LogP contribution in [0.15, 0.2) is 66.7 Å². The van der Waals surface area contributed by atoms with Crippen molar-refractivity contribution in [1.82, 2.24) is 4.98 Å². The third-order valence-corrected chi connectivity index (χ3v) is 7.99. The number of alkyl halides is 6. The minimum absolute atomic E-state index is 0.0419. The summed E-state index contributed by atoms with van der Waals surface area (Å²) >= 11 is 0. The number of anilines is 2. The van der Waals surface area contributed by atoms with Crippen LogP contribution in [0.1, 0.15) is 36.1 Å². The SMILES string of the molecule is Cc1ccccc1-c1cc(N2CCOCC2)nc2ccc(N(C)CC(C)(C)c3cc(C(F)(F)F)cc(C(F)(F)F)c3)cc12. The van der Waals surface area contributed by atoms with Gasteiger partial charge < -0.3 is 14.5 Å². The lowest BCUT2D eigenvalue weighted by atomic mass is 9.82. The fraction of sp³-hybridized carbons (Fsp3) is 0.364. The molecular formula is C33H33F6N3O. The molecule has 0 unspecified atom stereocenters. The monoisotopic (exact) mass is 601 g/mol. The predicted molar refractivity (Wildman–Crippen MR) is 158 cm³/mol. The highest BCUT2D eigenvalue weighted by Crippen LogP contribution is 2.40. The van der Waals surface area contributed by atoms with Crippen molar-refractivity contribution in [3.8, 4) is 11.1 Å². The summed E-state index contributed by atoms with van der Waals surface area (Å²) in [5.41, 5.74) is 0.952. The van der Waals surface area contributed by atoms with Crippen LogP contribution >= 0.6 is 0 Å². The van der Waals surface area contributed by atoms with Crippen molar-refractivity contribution in [2.24, 2.45) is 0 Å². The van der Waals surface area contributed by atoms with Crippen molar-refractivity contribution in [3.63, 3.8) is 0 Å². The van der Waals surface area contributed by atoms with Crippen LogP contribution in [0.2, 0.25) is 0 Å². The third kappa shape index (κ3) is 6.59. The zero-order chi connectivity index (χ0) is 31.2. The number of nitrogens with zero attached hydrogens (tertiary/aromatic N) is 3. The Morgan fingerprint density at radius 1 is 0.791 bits per heavy atom. The summed E-state index contributed by atoms with van der Waals surface area (Å²) in [4.78, 5) is 8.99. The molecule has 2 heterocycles. The van der Waals surface area contributed by atoms with Gasteiger partial charge in [-0.15, -0.1) is 0 Å². The van der Waals surface area contributed by atoms with Gasteiger partial charge in [0.15, 0.2) is 0 Å². The van der Waals surface area contributed by atoms with Gasteiger partial charge in [0.05, 0.1) is 29.9 Å². The Labute approximate surface area is 246 Å². The first-order valence-corrected chi connectivity index (χ1v) is 14.0. The number of morpholine rings is 1. The van der Waals surface area contributed by atoms with Gasteiger partial charge in [-0.25, -0.2) is 4.98 Å². The van der Waals surface area contributed by atoms with Crippen LogP contribution in [-0.2, 0) is 22.5 Å². The number of hydrogen-bond donors (Lipinski definition) is 0. The average molecular weight is 602 g/mol. The van der Waals surface area contributed by atoms with Crippen LogP contribution in [0.5, 0.6) is 0 Å². The van der Waals surface area contributed by atoms with Gasteiger partial charge in [0.1, 0.15) is 5.82 Å². The highest BCUT2D eigenvalue weighted by molar-refractivity contribution is 5.98. The van der Waals surface area contributed by atoms with Crippen LogP contribution in [0.25, 0.3) is 22.0 Å². The fourth-order valence-corrected chi connectivity index (χ4v) is 5.61. The second-order valence-electron chi connectivity index (χ2n) is 11.7. The zero-order valence-electron chi connectivity index (χ0n) is 24.4. The largest absolute Gasteiger partial charge is 0.416 e. The number of halogens is 6. The van der Waals surface area contributed by atoms with E-state index in [1.807, 2.05) is 48.2 Å². The van der Waals surface area contributed by atoms with Gasteiger partial charge in [-0.05, 0) is 71.6 Å². The number of likely N-dealkylation sites (N-methyl/N-ethyl adjacent to an activating group) is 1. The molecule has 3 aromatic carbocycles. The molecule has 0 saturated carbocycles. The molecular weight excluding hydrogens is 568 g/mol. The molecule has 0 aliphatic carbocycles. The van der Waals surface area contributed by atoms with Gasteiger partial charge in [0, 0.05) is 43.2 Å². The molecule has 0 amide bonds. The second-order valence-corrected chi connectivity index (χ2v) is 11.7. The van der Waals surface area contributed by atoms with Crippen molar-refractivity contribution in [2.45, 2.75) is 38.5 Å². The Morgan fingerprint density at radius 3 is 2.00 bits per heavy atom. The maximum absolute atomic E-state index is 13.6. The quantitative estimate of drug-likeness (QED) is 0.207. The Morgan fingerprint density at radius 2 is 1.40 bits per heavy atom. The van der Waals surface area contributed by atoms with Gasteiger partial charge in [-0.1, -0.05) is 38.1 Å². The maximum atomic E-state index is 13.6. The van der Waals surface area contributed by atoms with Crippen LogP contribution in [-0.4, -0.2) is 44.9 Å². The maximum Gasteiger partial charge on any atom is 0.416 e. The molecule has 5 rings (SSSR count). The van der Waals surface area contributed by atoms with E-state index in [0.29, 0.717) is 13.2 Å². The van der Waals surface area contributed by atoms with E-state index in [2.05, 4.69) is 17.0 Å². The van der Waals surface area contributed by atoms with Gasteiger partial charge in [0.25, 0.3) is 0 Å². The number of aryl methyl sites for hydroxylation is 1. The normalized spacial score (nSPS) is 14.8. The summed E-state index contributed by atoms with van der Waals surface area (Å²) in [6.45, 7) is 8.20. The van der Waals surface area contributed by atoms with E-state index in [1.54, 1.807) is 20.9 Å². The van der Waals surface area contributed by atoms with Crippen molar-refractivity contribution < 1.29 is 31.1 Å². The lowest BCUT2D eigenvalue weighted by molar-refractivity contribution is -0.143. The van der Waals surface area contributed by atoms with E-state index in [4.69, 9.17) is 9.72 Å². The molecule has 228 valence electrons. The summed E-state index contributed by atoms with van der Waals surface area (Å²) in [6.07, 6.45) is -9.81. The molecule has 1 aromatic heterocycles. The molecule has 10 heteroatoms. The molecule has 1 aliphatic rings. The molecule has 1 saturated heterocycles. The Balaban J connectivity index is 1.54. The first-order valence-electron chi connectivity index (χ1n) is 14.0. The van der Waals surface area contributed by atoms with Crippen molar-refractivity contribution in [2.75, 3.05) is 49.7 Å². The van der Waals surface area contributed by atoms with Crippen molar-refractivity contribution in [3.05, 3.63) is 89.0 Å². The molecule has 0 radical (unpaired) electrons. The third-order valence-electron chi connectivity index (χ3n) is 7.99. The van der Waals surface area contributed by atoms with E-state index in [1.165, 1.54) is 0 Å². The smallest absolute Gasteiger partial charge is 0.378 e. The number of pyridine rings is 1. The lowest BCUT2D eigenvalue weighted by Crippen LogP contribution is -2.36. The molecule has 0 spiro atoms. The Bertz CT molecular complexity index is 1590. The average Bonchev–Trinajstić information content (AvgIpc) is 2.95. The van der Waals surface area contributed by atoms with Gasteiger partial charge in [0.2, 0.25) is 0 Å². The predicted octanol–water partition coefficient (Wildman–Crippen LogP) is 8.50. The van der Waals surface area contributed by atoms with Crippen LogP contribution in [0, 0.1) is 6.92 Å². The Hall–Kier alpha value is -3.79. The number of hydrogen-bond acceptors (Lipinski definition) is 4. The lowest BCUT2D eigenvalue weighted by Gasteiger charge is -2.33. The summed E-state index contributed by atoms with van der Waals surface area (Å²) < 4.78 is 86.9. The second kappa shape index (κ2) is 11.4. The summed E-state index contributed by atoms with van der Waals surface area (Å²) in [5.74, 6) is 0.848. The number of fused-ring (bicyclic) bond motifs is 1. The van der Waals surface area contributed by atoms with Crippen LogP contribution < -0.4 is 9.80 Å². The number of aromatic nitrogens is 1. The van der Waals surface area contributed by atoms with Crippen molar-refractivity contribution >= 4 is 22.4 Å². The standard InChI is InChI=1S/C33H33F6N3O/c1-21-7-5-6-8-26(21)27-19-30(42-11-13-43-14-12-42)40-29-10-9-25(18-28(27)29)41(4)20-31(2,3)22-15-23(32(34,35)36)17-24(16-22)33(37,38)39/h5-10,15-19H,11-14,20H2,1-4H3. The van der Waals surface area contributed by atoms with Crippen LogP contribution in [0.3, 0.4) is 0 Å². The number of benzene rings is 3. The highest BCUT2D eigenvalue weighted by Gasteiger charge is 2.38. The highest BCUT2D eigenvalue weighted by atomic mass is 19.4. The molecule has 0 bridgehead atoms. The van der Waals surface area contributed by atoms with E-state index in [9.17, 15) is 26.3 Å². The molecule has 0 N–H and O–H groups in total. The summed E-state index contributed by atoms with van der Waals surface area (Å²) in [7, 11) is 1.78. The first-order chi connectivity index (χ1) is 20.1. The van der Waals surface area contributed by atoms with E-state index < -0.39 is 28.9 Å². The molecule has 43 heavy (non-hydrogen) atoms. The van der Waals surface area contributed by atoms with E-state index in [-0.39, 0.29) is 18.2 Å².